The SMILES string of the molecule is Cc1cc(=O)oc2cc(OCC(=O)NC3CC[NH+](Cc4ccccc4)CC3)ccc12. The molecular formula is C24H27N2O4+. The van der Waals surface area contributed by atoms with Gasteiger partial charge in [-0.3, -0.25) is 4.79 Å². The number of piperidine rings is 1. The quantitative estimate of drug-likeness (QED) is 0.612. The van der Waals surface area contributed by atoms with E-state index in [1.165, 1.54) is 11.6 Å². The van der Waals surface area contributed by atoms with E-state index in [0.29, 0.717) is 11.3 Å². The van der Waals surface area contributed by atoms with Gasteiger partial charge in [0.1, 0.15) is 17.9 Å². The Morgan fingerprint density at radius 2 is 1.90 bits per heavy atom. The number of ether oxygens (including phenoxy) is 1. The molecule has 0 unspecified atom stereocenters. The number of amides is 1. The number of hydrogen-bond acceptors (Lipinski definition) is 4. The van der Waals surface area contributed by atoms with E-state index in [1.54, 1.807) is 17.0 Å². The predicted octanol–water partition coefficient (Wildman–Crippen LogP) is 1.84. The molecule has 4 rings (SSSR count). The number of benzene rings is 2. The van der Waals surface area contributed by atoms with Crippen LogP contribution in [0.3, 0.4) is 0 Å². The largest absolute Gasteiger partial charge is 0.484 e. The molecule has 0 aliphatic carbocycles. The first-order valence-electron chi connectivity index (χ1n) is 10.4. The maximum atomic E-state index is 12.3. The van der Waals surface area contributed by atoms with Crippen LogP contribution >= 0.6 is 0 Å². The van der Waals surface area contributed by atoms with Crippen LogP contribution in [0, 0.1) is 6.92 Å². The minimum atomic E-state index is -0.393. The molecule has 0 radical (unpaired) electrons. The van der Waals surface area contributed by atoms with E-state index in [1.807, 2.05) is 19.1 Å². The van der Waals surface area contributed by atoms with Gasteiger partial charge in [-0.2, -0.15) is 0 Å². The van der Waals surface area contributed by atoms with Gasteiger partial charge in [-0.15, -0.1) is 0 Å². The lowest BCUT2D eigenvalue weighted by molar-refractivity contribution is -0.918. The van der Waals surface area contributed by atoms with Crippen LogP contribution in [0.4, 0.5) is 0 Å². The van der Waals surface area contributed by atoms with E-state index < -0.39 is 5.63 Å². The summed E-state index contributed by atoms with van der Waals surface area (Å²) in [6, 6.07) is 17.5. The average Bonchev–Trinajstić information content (AvgIpc) is 2.74. The third-order valence-corrected chi connectivity index (χ3v) is 5.65. The molecule has 6 nitrogen and oxygen atoms in total. The summed E-state index contributed by atoms with van der Waals surface area (Å²) in [6.45, 7) is 4.93. The normalized spacial score (nSPS) is 18.8. The lowest BCUT2D eigenvalue weighted by atomic mass is 10.0. The first-order chi connectivity index (χ1) is 14.6. The van der Waals surface area contributed by atoms with E-state index in [-0.39, 0.29) is 18.6 Å². The second kappa shape index (κ2) is 9.13. The number of likely N-dealkylation sites (tertiary alicyclic amines) is 1. The van der Waals surface area contributed by atoms with Crippen LogP contribution in [0.25, 0.3) is 11.0 Å². The second-order valence-electron chi connectivity index (χ2n) is 7.95. The van der Waals surface area contributed by atoms with Gasteiger partial charge in [-0.1, -0.05) is 30.3 Å². The third kappa shape index (κ3) is 5.07. The average molecular weight is 407 g/mol. The molecule has 2 heterocycles. The fourth-order valence-electron chi connectivity index (χ4n) is 4.04. The monoisotopic (exact) mass is 407 g/mol. The van der Waals surface area contributed by atoms with Crippen LogP contribution < -0.4 is 20.6 Å². The lowest BCUT2D eigenvalue weighted by Gasteiger charge is -2.29. The molecule has 3 aromatic rings. The molecule has 0 spiro atoms. The lowest BCUT2D eigenvalue weighted by Crippen LogP contribution is -3.12. The highest BCUT2D eigenvalue weighted by Crippen LogP contribution is 2.22. The zero-order valence-electron chi connectivity index (χ0n) is 17.1. The topological polar surface area (TPSA) is 73.0 Å². The fourth-order valence-corrected chi connectivity index (χ4v) is 4.04. The summed E-state index contributed by atoms with van der Waals surface area (Å²) < 4.78 is 10.8. The highest BCUT2D eigenvalue weighted by Gasteiger charge is 2.23. The zero-order valence-corrected chi connectivity index (χ0v) is 17.1. The Labute approximate surface area is 175 Å². The molecule has 1 amide bonds. The molecular weight excluding hydrogens is 380 g/mol. The number of hydrogen-bond donors (Lipinski definition) is 2. The fraction of sp³-hybridized carbons (Fsp3) is 0.333. The predicted molar refractivity (Wildman–Crippen MR) is 115 cm³/mol. The van der Waals surface area contributed by atoms with Crippen molar-refractivity contribution >= 4 is 16.9 Å². The molecule has 0 bridgehead atoms. The molecule has 0 saturated carbocycles. The van der Waals surface area contributed by atoms with Crippen molar-refractivity contribution in [3.8, 4) is 5.75 Å². The Kier molecular flexibility index (Phi) is 6.14. The van der Waals surface area contributed by atoms with Crippen molar-refractivity contribution in [2.45, 2.75) is 32.4 Å². The van der Waals surface area contributed by atoms with Gasteiger partial charge in [-0.25, -0.2) is 4.79 Å². The number of quaternary nitrogens is 1. The van der Waals surface area contributed by atoms with E-state index in [2.05, 4.69) is 29.6 Å². The van der Waals surface area contributed by atoms with Gasteiger partial charge in [0, 0.05) is 42.0 Å². The van der Waals surface area contributed by atoms with Crippen LogP contribution in [-0.4, -0.2) is 31.6 Å². The van der Waals surface area contributed by atoms with Crippen LogP contribution in [0.5, 0.6) is 5.75 Å². The van der Waals surface area contributed by atoms with Crippen molar-refractivity contribution in [3.05, 3.63) is 76.1 Å². The minimum Gasteiger partial charge on any atom is -0.484 e. The molecule has 2 N–H and O–H groups in total. The second-order valence-corrected chi connectivity index (χ2v) is 7.95. The van der Waals surface area contributed by atoms with Crippen LogP contribution in [0.1, 0.15) is 24.0 Å². The summed E-state index contributed by atoms with van der Waals surface area (Å²) >= 11 is 0. The molecule has 1 saturated heterocycles. The van der Waals surface area contributed by atoms with Crippen molar-refractivity contribution in [3.63, 3.8) is 0 Å². The van der Waals surface area contributed by atoms with E-state index in [9.17, 15) is 9.59 Å². The van der Waals surface area contributed by atoms with Gasteiger partial charge in [0.2, 0.25) is 0 Å². The molecule has 30 heavy (non-hydrogen) atoms. The van der Waals surface area contributed by atoms with E-state index >= 15 is 0 Å². The number of aryl methyl sites for hydroxylation is 1. The highest BCUT2D eigenvalue weighted by atomic mass is 16.5. The molecule has 6 heteroatoms. The van der Waals surface area contributed by atoms with Gasteiger partial charge in [-0.05, 0) is 24.6 Å². The Hall–Kier alpha value is -3.12. The summed E-state index contributed by atoms with van der Waals surface area (Å²) in [5, 5.41) is 3.94. The third-order valence-electron chi connectivity index (χ3n) is 5.65. The Bertz CT molecular complexity index is 1070. The standard InChI is InChI=1S/C24H26N2O4/c1-17-13-24(28)30-22-14-20(7-8-21(17)22)29-16-23(27)25-19-9-11-26(12-10-19)15-18-5-3-2-4-6-18/h2-8,13-14,19H,9-12,15-16H2,1H3,(H,25,27)/p+1. The molecule has 1 fully saturated rings. The summed E-state index contributed by atoms with van der Waals surface area (Å²) in [5.74, 6) is 0.380. The molecule has 1 aliphatic rings. The minimum absolute atomic E-state index is 0.0569. The van der Waals surface area contributed by atoms with Crippen LogP contribution in [0.2, 0.25) is 0 Å². The Morgan fingerprint density at radius 1 is 1.13 bits per heavy atom. The first kappa shape index (κ1) is 20.2. The smallest absolute Gasteiger partial charge is 0.336 e. The van der Waals surface area contributed by atoms with Crippen molar-refractivity contribution in [2.24, 2.45) is 0 Å². The number of nitrogens with one attached hydrogen (secondary N) is 2. The molecule has 1 aromatic heterocycles. The molecule has 0 atom stereocenters. The van der Waals surface area contributed by atoms with Crippen LogP contribution in [0.15, 0.2) is 63.8 Å². The molecule has 2 aromatic carbocycles. The van der Waals surface area contributed by atoms with Gasteiger partial charge < -0.3 is 19.4 Å². The maximum Gasteiger partial charge on any atom is 0.336 e. The van der Waals surface area contributed by atoms with Gasteiger partial charge in [0.25, 0.3) is 5.91 Å². The number of rotatable bonds is 6. The first-order valence-corrected chi connectivity index (χ1v) is 10.4. The Balaban J connectivity index is 1.24. The van der Waals surface area contributed by atoms with Gasteiger partial charge in [0.05, 0.1) is 13.1 Å². The highest BCUT2D eigenvalue weighted by molar-refractivity contribution is 5.81. The Morgan fingerprint density at radius 3 is 2.67 bits per heavy atom. The van der Waals surface area contributed by atoms with Crippen molar-refractivity contribution < 1.29 is 18.8 Å². The molecule has 1 aliphatic heterocycles. The summed E-state index contributed by atoms with van der Waals surface area (Å²) in [6.07, 6.45) is 1.93. The zero-order chi connectivity index (χ0) is 20.9. The summed E-state index contributed by atoms with van der Waals surface area (Å²) in [5.41, 5.74) is 2.28. The van der Waals surface area contributed by atoms with Crippen molar-refractivity contribution in [2.75, 3.05) is 19.7 Å². The number of fused-ring (bicyclic) bond motifs is 1. The number of carbonyl (C=O) groups is 1. The van der Waals surface area contributed by atoms with E-state index in [4.69, 9.17) is 9.15 Å². The maximum absolute atomic E-state index is 12.3. The summed E-state index contributed by atoms with van der Waals surface area (Å²) in [7, 11) is 0. The van der Waals surface area contributed by atoms with Gasteiger partial charge >= 0.3 is 5.63 Å². The van der Waals surface area contributed by atoms with E-state index in [0.717, 1.165) is 43.4 Å². The summed E-state index contributed by atoms with van der Waals surface area (Å²) in [4.78, 5) is 25.4. The van der Waals surface area contributed by atoms with Crippen LogP contribution in [-0.2, 0) is 11.3 Å². The van der Waals surface area contributed by atoms with Gasteiger partial charge in [0.15, 0.2) is 6.61 Å². The van der Waals surface area contributed by atoms with Crippen molar-refractivity contribution in [1.82, 2.24) is 5.32 Å². The van der Waals surface area contributed by atoms with Crippen molar-refractivity contribution in [1.29, 1.82) is 0 Å². The molecule has 156 valence electrons. The number of carbonyl (C=O) groups excluding carboxylic acids is 1.